The van der Waals surface area contributed by atoms with Gasteiger partial charge in [0.1, 0.15) is 0 Å². The molecule has 1 heterocycles. The van der Waals surface area contributed by atoms with Gasteiger partial charge in [-0.3, -0.25) is 0 Å². The smallest absolute Gasteiger partial charge is 0.337 e. The highest BCUT2D eigenvalue weighted by molar-refractivity contribution is 7.91. The highest BCUT2D eigenvalue weighted by Gasteiger charge is 2.28. The summed E-state index contributed by atoms with van der Waals surface area (Å²) >= 11 is 0. The molecule has 1 saturated heterocycles. The fourth-order valence-corrected chi connectivity index (χ4v) is 4.60. The molecular formula is C21H20N2O5S. The van der Waals surface area contributed by atoms with E-state index in [0.717, 1.165) is 0 Å². The van der Waals surface area contributed by atoms with E-state index in [-0.39, 0.29) is 17.5 Å². The number of anilines is 1. The number of carbonyl (C=O) groups excluding carboxylic acids is 2. The number of esters is 1. The molecule has 29 heavy (non-hydrogen) atoms. The van der Waals surface area contributed by atoms with Crippen molar-refractivity contribution in [1.82, 2.24) is 5.32 Å². The van der Waals surface area contributed by atoms with Crippen LogP contribution in [-0.4, -0.2) is 45.1 Å². The molecule has 1 atom stereocenters. The summed E-state index contributed by atoms with van der Waals surface area (Å²) < 4.78 is 27.7. The number of hydrogen-bond acceptors (Lipinski definition) is 5. The lowest BCUT2D eigenvalue weighted by molar-refractivity contribution is 0.0600. The Balaban J connectivity index is 1.65. The highest BCUT2D eigenvalue weighted by atomic mass is 32.2. The minimum Gasteiger partial charge on any atom is -0.465 e. The van der Waals surface area contributed by atoms with Crippen LogP contribution in [0.5, 0.6) is 0 Å². The number of benzene rings is 2. The lowest BCUT2D eigenvalue weighted by Gasteiger charge is -2.12. The zero-order valence-electron chi connectivity index (χ0n) is 15.8. The largest absolute Gasteiger partial charge is 0.465 e. The van der Waals surface area contributed by atoms with Gasteiger partial charge in [-0.15, -0.1) is 0 Å². The van der Waals surface area contributed by atoms with E-state index < -0.39 is 21.8 Å². The van der Waals surface area contributed by atoms with Gasteiger partial charge in [-0.05, 0) is 42.8 Å². The molecule has 2 amide bonds. The molecule has 0 radical (unpaired) electrons. The molecule has 3 rings (SSSR count). The third-order valence-corrected chi connectivity index (χ3v) is 6.09. The number of urea groups is 1. The summed E-state index contributed by atoms with van der Waals surface area (Å²) in [7, 11) is -1.73. The highest BCUT2D eigenvalue weighted by Crippen LogP contribution is 2.13. The van der Waals surface area contributed by atoms with Gasteiger partial charge in [0.05, 0.1) is 24.2 Å². The van der Waals surface area contributed by atoms with Crippen LogP contribution >= 0.6 is 0 Å². The molecule has 7 nitrogen and oxygen atoms in total. The van der Waals surface area contributed by atoms with Gasteiger partial charge in [-0.1, -0.05) is 24.0 Å². The zero-order chi connectivity index (χ0) is 20.9. The van der Waals surface area contributed by atoms with E-state index in [0.29, 0.717) is 28.8 Å². The predicted molar refractivity (Wildman–Crippen MR) is 109 cm³/mol. The molecule has 0 saturated carbocycles. The third kappa shape index (κ3) is 5.83. The Labute approximate surface area is 169 Å². The van der Waals surface area contributed by atoms with Crippen LogP contribution in [0, 0.1) is 11.8 Å². The molecule has 2 aromatic carbocycles. The molecule has 150 valence electrons. The van der Waals surface area contributed by atoms with Crippen molar-refractivity contribution >= 4 is 27.5 Å². The van der Waals surface area contributed by atoms with E-state index in [9.17, 15) is 18.0 Å². The topological polar surface area (TPSA) is 102 Å². The molecule has 0 spiro atoms. The molecule has 8 heteroatoms. The molecule has 1 unspecified atom stereocenters. The van der Waals surface area contributed by atoms with Gasteiger partial charge in [0.25, 0.3) is 0 Å². The van der Waals surface area contributed by atoms with Gasteiger partial charge in [0.15, 0.2) is 9.84 Å². The minimum atomic E-state index is -3.05. The Hall–Kier alpha value is -3.31. The van der Waals surface area contributed by atoms with Gasteiger partial charge in [-0.25, -0.2) is 18.0 Å². The average molecular weight is 412 g/mol. The lowest BCUT2D eigenvalue weighted by Crippen LogP contribution is -2.38. The Morgan fingerprint density at radius 1 is 1.07 bits per heavy atom. The maximum atomic E-state index is 12.1. The number of carbonyl (C=O) groups is 2. The Kier molecular flexibility index (Phi) is 6.20. The second-order valence-corrected chi connectivity index (χ2v) is 8.83. The Bertz CT molecular complexity index is 1100. The number of ether oxygens (including phenoxy) is 1. The summed E-state index contributed by atoms with van der Waals surface area (Å²) in [4.78, 5) is 23.7. The van der Waals surface area contributed by atoms with Crippen molar-refractivity contribution in [2.45, 2.75) is 12.5 Å². The van der Waals surface area contributed by atoms with E-state index in [2.05, 4.69) is 22.5 Å². The van der Waals surface area contributed by atoms with Crippen LogP contribution in [0.4, 0.5) is 10.5 Å². The van der Waals surface area contributed by atoms with Crippen LogP contribution in [0.2, 0.25) is 0 Å². The fourth-order valence-electron chi connectivity index (χ4n) is 2.92. The van der Waals surface area contributed by atoms with Gasteiger partial charge >= 0.3 is 12.0 Å². The van der Waals surface area contributed by atoms with E-state index in [1.165, 1.54) is 7.11 Å². The van der Waals surface area contributed by atoms with Crippen molar-refractivity contribution in [3.8, 4) is 11.8 Å². The van der Waals surface area contributed by atoms with E-state index in [1.807, 2.05) is 0 Å². The molecule has 2 aromatic rings. The van der Waals surface area contributed by atoms with Crippen LogP contribution in [0.3, 0.4) is 0 Å². The predicted octanol–water partition coefficient (Wildman–Crippen LogP) is 2.18. The van der Waals surface area contributed by atoms with Gasteiger partial charge < -0.3 is 15.4 Å². The summed E-state index contributed by atoms with van der Waals surface area (Å²) in [5.74, 6) is 5.60. The van der Waals surface area contributed by atoms with Gasteiger partial charge in [0.2, 0.25) is 0 Å². The first-order valence-corrected chi connectivity index (χ1v) is 10.8. The zero-order valence-corrected chi connectivity index (χ0v) is 16.6. The Morgan fingerprint density at radius 2 is 1.76 bits per heavy atom. The maximum Gasteiger partial charge on any atom is 0.337 e. The average Bonchev–Trinajstić information content (AvgIpc) is 3.04. The quantitative estimate of drug-likeness (QED) is 0.594. The van der Waals surface area contributed by atoms with Crippen molar-refractivity contribution in [1.29, 1.82) is 0 Å². The number of hydrogen-bond donors (Lipinski definition) is 2. The first-order valence-electron chi connectivity index (χ1n) is 8.93. The normalized spacial score (nSPS) is 16.9. The number of amides is 2. The lowest BCUT2D eigenvalue weighted by atomic mass is 10.1. The minimum absolute atomic E-state index is 0.0312. The molecule has 0 aromatic heterocycles. The van der Waals surface area contributed by atoms with E-state index >= 15 is 0 Å². The SMILES string of the molecule is COC(=O)c1cccc(C#Cc2cccc(NC(=O)NC3CCS(=O)(=O)C3)c2)c1. The van der Waals surface area contributed by atoms with Crippen LogP contribution < -0.4 is 10.6 Å². The first-order chi connectivity index (χ1) is 13.8. The number of sulfone groups is 1. The summed E-state index contributed by atoms with van der Waals surface area (Å²) in [5.41, 5.74) is 2.29. The number of rotatable bonds is 3. The van der Waals surface area contributed by atoms with Crippen LogP contribution in [-0.2, 0) is 14.6 Å². The van der Waals surface area contributed by atoms with Crippen LogP contribution in [0.1, 0.15) is 27.9 Å². The third-order valence-electron chi connectivity index (χ3n) is 4.32. The molecule has 2 N–H and O–H groups in total. The molecule has 0 bridgehead atoms. The van der Waals surface area contributed by atoms with Gasteiger partial charge in [0, 0.05) is 22.9 Å². The van der Waals surface area contributed by atoms with Crippen molar-refractivity contribution in [2.24, 2.45) is 0 Å². The van der Waals surface area contributed by atoms with E-state index in [1.54, 1.807) is 48.5 Å². The van der Waals surface area contributed by atoms with Crippen molar-refractivity contribution in [3.05, 3.63) is 65.2 Å². The first kappa shape index (κ1) is 20.4. The molecule has 1 aliphatic rings. The van der Waals surface area contributed by atoms with E-state index in [4.69, 9.17) is 4.74 Å². The standard InChI is InChI=1S/C21H20N2O5S/c1-28-20(24)17-6-2-4-15(12-17)8-9-16-5-3-7-18(13-16)22-21(25)23-19-10-11-29(26,27)14-19/h2-7,12-13,19H,10-11,14H2,1H3,(H2,22,23,25). The summed E-state index contributed by atoms with van der Waals surface area (Å²) in [6.45, 7) is 0. The fraction of sp³-hybridized carbons (Fsp3) is 0.238. The molecule has 1 aliphatic heterocycles. The second-order valence-electron chi connectivity index (χ2n) is 6.60. The summed E-state index contributed by atoms with van der Waals surface area (Å²) in [6.07, 6.45) is 0.423. The van der Waals surface area contributed by atoms with Crippen molar-refractivity contribution < 1.29 is 22.7 Å². The molecular weight excluding hydrogens is 392 g/mol. The van der Waals surface area contributed by atoms with Crippen molar-refractivity contribution in [3.63, 3.8) is 0 Å². The monoisotopic (exact) mass is 412 g/mol. The van der Waals surface area contributed by atoms with Crippen LogP contribution in [0.25, 0.3) is 0 Å². The number of methoxy groups -OCH3 is 1. The summed E-state index contributed by atoms with van der Waals surface area (Å²) in [6, 6.07) is 12.9. The van der Waals surface area contributed by atoms with Gasteiger partial charge in [-0.2, -0.15) is 0 Å². The molecule has 1 fully saturated rings. The van der Waals surface area contributed by atoms with Crippen LogP contribution in [0.15, 0.2) is 48.5 Å². The van der Waals surface area contributed by atoms with Crippen molar-refractivity contribution in [2.75, 3.05) is 23.9 Å². The molecule has 0 aliphatic carbocycles. The second kappa shape index (κ2) is 8.80. The number of nitrogens with one attached hydrogen (secondary N) is 2. The maximum absolute atomic E-state index is 12.1. The summed E-state index contributed by atoms with van der Waals surface area (Å²) in [5, 5.41) is 5.37. The Morgan fingerprint density at radius 3 is 2.41 bits per heavy atom.